The smallest absolute Gasteiger partial charge is 0.0802 e. The third-order valence-corrected chi connectivity index (χ3v) is 10.4. The van der Waals surface area contributed by atoms with Crippen molar-refractivity contribution in [2.24, 2.45) is 40.4 Å². The average molecular weight is 415 g/mol. The maximum absolute atomic E-state index is 10.2. The summed E-state index contributed by atoms with van der Waals surface area (Å²) in [5.41, 5.74) is 2.32. The van der Waals surface area contributed by atoms with Gasteiger partial charge < -0.3 is 9.84 Å². The van der Waals surface area contributed by atoms with Crippen LogP contribution >= 0.6 is 0 Å². The van der Waals surface area contributed by atoms with Gasteiger partial charge in [0.15, 0.2) is 0 Å². The third-order valence-electron chi connectivity index (χ3n) is 10.4. The Hall–Kier alpha value is -0.600. The summed E-state index contributed by atoms with van der Waals surface area (Å²) in [5, 5.41) is 10.2. The van der Waals surface area contributed by atoms with Gasteiger partial charge in [-0.1, -0.05) is 44.6 Å². The van der Waals surface area contributed by atoms with E-state index in [0.717, 1.165) is 42.4 Å². The van der Waals surface area contributed by atoms with E-state index in [1.165, 1.54) is 44.9 Å². The molecule has 0 aromatic rings. The maximum Gasteiger partial charge on any atom is 0.0802 e. The number of aliphatic hydroxyl groups excluding tert-OH is 1. The molecule has 0 amide bonds. The Kier molecular flexibility index (Phi) is 6.08. The van der Waals surface area contributed by atoms with Crippen molar-refractivity contribution >= 4 is 0 Å². The van der Waals surface area contributed by atoms with Gasteiger partial charge in [-0.15, -0.1) is 0 Å². The highest BCUT2D eigenvalue weighted by Crippen LogP contribution is 2.67. The summed E-state index contributed by atoms with van der Waals surface area (Å²) in [6.45, 7) is 12.0. The summed E-state index contributed by atoms with van der Waals surface area (Å²) in [7, 11) is 1.80. The van der Waals surface area contributed by atoms with Gasteiger partial charge in [-0.2, -0.15) is 0 Å². The molecule has 8 unspecified atom stereocenters. The number of hydrogen-bond donors (Lipinski definition) is 1. The first-order chi connectivity index (χ1) is 14.1. The van der Waals surface area contributed by atoms with Crippen molar-refractivity contribution in [3.63, 3.8) is 0 Å². The van der Waals surface area contributed by atoms with Gasteiger partial charge in [-0.25, -0.2) is 0 Å². The number of rotatable bonds is 5. The molecule has 4 aliphatic rings. The summed E-state index contributed by atoms with van der Waals surface area (Å²) in [6.07, 6.45) is 18.3. The molecular weight excluding hydrogens is 368 g/mol. The highest BCUT2D eigenvalue weighted by Gasteiger charge is 2.59. The molecular formula is C28H46O2. The van der Waals surface area contributed by atoms with Gasteiger partial charge in [0.25, 0.3) is 0 Å². The molecule has 0 saturated heterocycles. The number of ether oxygens (including phenoxy) is 1. The van der Waals surface area contributed by atoms with Gasteiger partial charge in [0.05, 0.1) is 11.7 Å². The Morgan fingerprint density at radius 2 is 1.93 bits per heavy atom. The van der Waals surface area contributed by atoms with E-state index in [0.29, 0.717) is 10.8 Å². The van der Waals surface area contributed by atoms with Crippen molar-refractivity contribution < 1.29 is 9.84 Å². The van der Waals surface area contributed by atoms with Crippen LogP contribution in [0.2, 0.25) is 0 Å². The van der Waals surface area contributed by atoms with Gasteiger partial charge in [0, 0.05) is 7.11 Å². The zero-order valence-corrected chi connectivity index (χ0v) is 20.4. The predicted molar refractivity (Wildman–Crippen MR) is 125 cm³/mol. The first-order valence-electron chi connectivity index (χ1n) is 12.7. The molecule has 0 aromatic heterocycles. The van der Waals surface area contributed by atoms with Crippen molar-refractivity contribution in [3.05, 3.63) is 23.8 Å². The number of fused-ring (bicyclic) bond motifs is 5. The van der Waals surface area contributed by atoms with Crippen molar-refractivity contribution in [3.8, 4) is 0 Å². The SMILES string of the molecule is COC(C)(C)C=CCC(C)C1CCC2C3CC=C4CC(O)CCC4(C)C3CCC12C. The fourth-order valence-electron chi connectivity index (χ4n) is 8.42. The van der Waals surface area contributed by atoms with Crippen LogP contribution in [-0.4, -0.2) is 23.9 Å². The second-order valence-corrected chi connectivity index (χ2v) is 12.3. The third kappa shape index (κ3) is 3.75. The van der Waals surface area contributed by atoms with Crippen molar-refractivity contribution in [1.29, 1.82) is 0 Å². The standard InChI is InChI=1S/C28H46O2/c1-19(8-7-15-26(2,3)30-6)23-11-12-24-22-10-9-20-18-21(29)13-16-27(20,4)25(22)14-17-28(23,24)5/h7,9,15,19,21-25,29H,8,10-14,16-18H2,1-6H3. The Morgan fingerprint density at radius 1 is 1.17 bits per heavy atom. The molecule has 3 fully saturated rings. The predicted octanol–water partition coefficient (Wildman–Crippen LogP) is 6.93. The van der Waals surface area contributed by atoms with E-state index in [2.05, 4.69) is 52.8 Å². The molecule has 4 rings (SSSR count). The van der Waals surface area contributed by atoms with Crippen molar-refractivity contribution in [2.45, 2.75) is 104 Å². The summed E-state index contributed by atoms with van der Waals surface area (Å²) < 4.78 is 5.56. The van der Waals surface area contributed by atoms with Crippen LogP contribution in [0, 0.1) is 40.4 Å². The van der Waals surface area contributed by atoms with Gasteiger partial charge in [-0.3, -0.25) is 0 Å². The molecule has 30 heavy (non-hydrogen) atoms. The highest BCUT2D eigenvalue weighted by atomic mass is 16.5. The van der Waals surface area contributed by atoms with Crippen LogP contribution < -0.4 is 0 Å². The molecule has 1 N–H and O–H groups in total. The van der Waals surface area contributed by atoms with Crippen LogP contribution in [0.4, 0.5) is 0 Å². The number of aliphatic hydroxyl groups is 1. The van der Waals surface area contributed by atoms with Gasteiger partial charge in [0.2, 0.25) is 0 Å². The molecule has 8 atom stereocenters. The second-order valence-electron chi connectivity index (χ2n) is 12.3. The van der Waals surface area contributed by atoms with E-state index in [1.807, 2.05) is 0 Å². The molecule has 0 aliphatic heterocycles. The quantitative estimate of drug-likeness (QED) is 0.494. The van der Waals surface area contributed by atoms with E-state index in [-0.39, 0.29) is 11.7 Å². The molecule has 0 bridgehead atoms. The lowest BCUT2D eigenvalue weighted by molar-refractivity contribution is -0.0565. The van der Waals surface area contributed by atoms with Crippen molar-refractivity contribution in [1.82, 2.24) is 0 Å². The Bertz CT molecular complexity index is 691. The monoisotopic (exact) mass is 414 g/mol. The summed E-state index contributed by atoms with van der Waals surface area (Å²) >= 11 is 0. The number of methoxy groups -OCH3 is 1. The summed E-state index contributed by atoms with van der Waals surface area (Å²) in [6, 6.07) is 0. The van der Waals surface area contributed by atoms with Crippen LogP contribution in [0.25, 0.3) is 0 Å². The first-order valence-corrected chi connectivity index (χ1v) is 12.7. The fraction of sp³-hybridized carbons (Fsp3) is 0.857. The lowest BCUT2D eigenvalue weighted by atomic mass is 9.47. The van der Waals surface area contributed by atoms with E-state index in [4.69, 9.17) is 4.74 Å². The zero-order valence-electron chi connectivity index (χ0n) is 20.4. The molecule has 170 valence electrons. The summed E-state index contributed by atoms with van der Waals surface area (Å²) in [4.78, 5) is 0. The van der Waals surface area contributed by atoms with Gasteiger partial charge in [-0.05, 0) is 112 Å². The Labute approximate surface area is 185 Å². The largest absolute Gasteiger partial charge is 0.393 e. The molecule has 2 nitrogen and oxygen atoms in total. The van der Waals surface area contributed by atoms with Crippen molar-refractivity contribution in [2.75, 3.05) is 7.11 Å². The van der Waals surface area contributed by atoms with E-state index >= 15 is 0 Å². The van der Waals surface area contributed by atoms with Crippen LogP contribution in [-0.2, 0) is 4.74 Å². The number of allylic oxidation sites excluding steroid dienone is 2. The van der Waals surface area contributed by atoms with Gasteiger partial charge >= 0.3 is 0 Å². The lowest BCUT2D eigenvalue weighted by Crippen LogP contribution is -2.50. The Balaban J connectivity index is 1.49. The molecule has 0 aromatic carbocycles. The number of hydrogen-bond acceptors (Lipinski definition) is 2. The lowest BCUT2D eigenvalue weighted by Gasteiger charge is -2.58. The molecule has 3 saturated carbocycles. The van der Waals surface area contributed by atoms with E-state index < -0.39 is 0 Å². The first kappa shape index (κ1) is 22.6. The molecule has 0 radical (unpaired) electrons. The van der Waals surface area contributed by atoms with E-state index in [1.54, 1.807) is 12.7 Å². The minimum atomic E-state index is -0.158. The molecule has 0 heterocycles. The second kappa shape index (κ2) is 8.07. The highest BCUT2D eigenvalue weighted by molar-refractivity contribution is 5.25. The minimum absolute atomic E-state index is 0.0948. The minimum Gasteiger partial charge on any atom is -0.393 e. The van der Waals surface area contributed by atoms with Crippen LogP contribution in [0.1, 0.15) is 92.4 Å². The summed E-state index contributed by atoms with van der Waals surface area (Å²) in [5.74, 6) is 4.21. The van der Waals surface area contributed by atoms with Gasteiger partial charge in [0.1, 0.15) is 0 Å². The van der Waals surface area contributed by atoms with Crippen LogP contribution in [0.15, 0.2) is 23.8 Å². The average Bonchev–Trinajstić information content (AvgIpc) is 3.05. The maximum atomic E-state index is 10.2. The molecule has 0 spiro atoms. The molecule has 4 aliphatic carbocycles. The fourth-order valence-corrected chi connectivity index (χ4v) is 8.42. The van der Waals surface area contributed by atoms with E-state index in [9.17, 15) is 5.11 Å². The normalized spacial score (nSPS) is 44.9. The zero-order chi connectivity index (χ0) is 21.7. The van der Waals surface area contributed by atoms with Crippen LogP contribution in [0.3, 0.4) is 0 Å². The van der Waals surface area contributed by atoms with Crippen LogP contribution in [0.5, 0.6) is 0 Å². The topological polar surface area (TPSA) is 29.5 Å². The Morgan fingerprint density at radius 3 is 2.67 bits per heavy atom. The molecule has 2 heteroatoms.